The molecule has 1 unspecified atom stereocenters. The van der Waals surface area contributed by atoms with Crippen molar-refractivity contribution in [3.63, 3.8) is 0 Å². The van der Waals surface area contributed by atoms with E-state index in [1.165, 1.54) is 12.1 Å². The molecule has 0 bridgehead atoms. The van der Waals surface area contributed by atoms with Gasteiger partial charge in [-0.1, -0.05) is 18.2 Å². The van der Waals surface area contributed by atoms with Crippen LogP contribution in [0.5, 0.6) is 0 Å². The van der Waals surface area contributed by atoms with Crippen LogP contribution < -0.4 is 0 Å². The van der Waals surface area contributed by atoms with Gasteiger partial charge in [-0.2, -0.15) is 0 Å². The molecular formula is C15H12FN3O2S. The van der Waals surface area contributed by atoms with E-state index in [0.717, 1.165) is 0 Å². The van der Waals surface area contributed by atoms with Crippen LogP contribution in [0.4, 0.5) is 4.39 Å². The van der Waals surface area contributed by atoms with Gasteiger partial charge in [-0.15, -0.1) is 0 Å². The number of halogens is 1. The van der Waals surface area contributed by atoms with Crippen molar-refractivity contribution in [1.29, 1.82) is 0 Å². The maximum Gasteiger partial charge on any atom is 0.157 e. The summed E-state index contributed by atoms with van der Waals surface area (Å²) in [5.74, 6) is 0.316. The zero-order valence-electron chi connectivity index (χ0n) is 11.4. The highest BCUT2D eigenvalue weighted by molar-refractivity contribution is 7.78. The van der Waals surface area contributed by atoms with Crippen LogP contribution in [-0.4, -0.2) is 23.3 Å². The van der Waals surface area contributed by atoms with Crippen molar-refractivity contribution in [3.8, 4) is 17.1 Å². The van der Waals surface area contributed by atoms with Crippen molar-refractivity contribution in [2.45, 2.75) is 5.75 Å². The molecule has 1 N–H and O–H groups in total. The summed E-state index contributed by atoms with van der Waals surface area (Å²) >= 11 is -1.90. The van der Waals surface area contributed by atoms with E-state index in [1.807, 2.05) is 0 Å². The Morgan fingerprint density at radius 1 is 1.23 bits per heavy atom. The molecule has 0 spiro atoms. The monoisotopic (exact) mass is 317 g/mol. The molecule has 0 saturated heterocycles. The summed E-state index contributed by atoms with van der Waals surface area (Å²) in [6.45, 7) is 0. The summed E-state index contributed by atoms with van der Waals surface area (Å²) in [7, 11) is 0. The van der Waals surface area contributed by atoms with Gasteiger partial charge in [0.15, 0.2) is 11.1 Å². The molecule has 0 radical (unpaired) electrons. The molecule has 112 valence electrons. The van der Waals surface area contributed by atoms with Crippen LogP contribution >= 0.6 is 0 Å². The summed E-state index contributed by atoms with van der Waals surface area (Å²) in [5.41, 5.74) is 2.07. The Labute approximate surface area is 128 Å². The van der Waals surface area contributed by atoms with Gasteiger partial charge >= 0.3 is 0 Å². The van der Waals surface area contributed by atoms with Gasteiger partial charge in [0.05, 0.1) is 17.6 Å². The molecule has 2 heterocycles. The third-order valence-corrected chi connectivity index (χ3v) is 3.69. The summed E-state index contributed by atoms with van der Waals surface area (Å²) in [6.07, 6.45) is 4.76. The molecular weight excluding hydrogens is 305 g/mol. The lowest BCUT2D eigenvalue weighted by atomic mass is 10.1. The minimum Gasteiger partial charge on any atom is -0.306 e. The summed E-state index contributed by atoms with van der Waals surface area (Å²) < 4.78 is 34.8. The Morgan fingerprint density at radius 2 is 2.09 bits per heavy atom. The molecule has 0 amide bonds. The standard InChI is InChI=1S/C15H12FN3O2S/c16-13-3-1-2-12(6-13)14-8-17-10-19(14)15-5-4-11(7-18-15)9-22(20)21/h1-8,10H,9H2,(H,20,21). The van der Waals surface area contributed by atoms with E-state index < -0.39 is 11.1 Å². The predicted molar refractivity (Wildman–Crippen MR) is 81.2 cm³/mol. The lowest BCUT2D eigenvalue weighted by molar-refractivity contribution is 0.563. The van der Waals surface area contributed by atoms with Gasteiger partial charge in [0.1, 0.15) is 18.0 Å². The van der Waals surface area contributed by atoms with Gasteiger partial charge in [-0.25, -0.2) is 18.6 Å². The molecule has 5 nitrogen and oxygen atoms in total. The highest BCUT2D eigenvalue weighted by atomic mass is 32.2. The van der Waals surface area contributed by atoms with Crippen LogP contribution in [0.2, 0.25) is 0 Å². The number of hydrogen-bond acceptors (Lipinski definition) is 3. The van der Waals surface area contributed by atoms with Crippen LogP contribution in [-0.2, 0) is 16.8 Å². The van der Waals surface area contributed by atoms with Crippen molar-refractivity contribution in [3.05, 3.63) is 66.5 Å². The van der Waals surface area contributed by atoms with Crippen LogP contribution in [0.1, 0.15) is 5.56 Å². The molecule has 7 heteroatoms. The highest BCUT2D eigenvalue weighted by Gasteiger charge is 2.09. The third kappa shape index (κ3) is 3.10. The van der Waals surface area contributed by atoms with E-state index in [4.69, 9.17) is 4.55 Å². The maximum absolute atomic E-state index is 13.4. The van der Waals surface area contributed by atoms with E-state index >= 15 is 0 Å². The Bertz CT molecular complexity index is 818. The van der Waals surface area contributed by atoms with Crippen LogP contribution in [0.15, 0.2) is 55.1 Å². The van der Waals surface area contributed by atoms with Crippen molar-refractivity contribution in [2.24, 2.45) is 0 Å². The number of pyridine rings is 1. The molecule has 0 aliphatic rings. The van der Waals surface area contributed by atoms with Gasteiger partial charge in [-0.3, -0.25) is 4.57 Å². The van der Waals surface area contributed by atoms with Gasteiger partial charge in [0.2, 0.25) is 0 Å². The van der Waals surface area contributed by atoms with Gasteiger partial charge in [0, 0.05) is 11.8 Å². The first kappa shape index (κ1) is 14.6. The number of benzene rings is 1. The Balaban J connectivity index is 1.96. The molecule has 0 aliphatic carbocycles. The summed E-state index contributed by atoms with van der Waals surface area (Å²) in [6, 6.07) is 9.69. The molecule has 3 rings (SSSR count). The SMILES string of the molecule is O=S(O)Cc1ccc(-n2cncc2-c2cccc(F)c2)nc1. The lowest BCUT2D eigenvalue weighted by Gasteiger charge is -2.08. The fraction of sp³-hybridized carbons (Fsp3) is 0.0667. The smallest absolute Gasteiger partial charge is 0.157 e. The second kappa shape index (κ2) is 6.17. The second-order valence-electron chi connectivity index (χ2n) is 4.65. The Morgan fingerprint density at radius 3 is 2.77 bits per heavy atom. The quantitative estimate of drug-likeness (QED) is 0.751. The molecule has 2 aromatic heterocycles. The van der Waals surface area contributed by atoms with Crippen molar-refractivity contribution in [2.75, 3.05) is 0 Å². The molecule has 1 aromatic carbocycles. The van der Waals surface area contributed by atoms with E-state index in [0.29, 0.717) is 22.6 Å². The minimum absolute atomic E-state index is 0.0357. The molecule has 0 fully saturated rings. The van der Waals surface area contributed by atoms with Gasteiger partial charge in [-0.05, 0) is 23.8 Å². The average molecular weight is 317 g/mol. The summed E-state index contributed by atoms with van der Waals surface area (Å²) in [5, 5.41) is 0. The fourth-order valence-electron chi connectivity index (χ4n) is 2.13. The first-order valence-corrected chi connectivity index (χ1v) is 7.72. The average Bonchev–Trinajstić information content (AvgIpc) is 2.97. The number of nitrogens with zero attached hydrogens (tertiary/aromatic N) is 3. The zero-order chi connectivity index (χ0) is 15.5. The van der Waals surface area contributed by atoms with E-state index in [2.05, 4.69) is 9.97 Å². The molecule has 0 aliphatic heterocycles. The Kier molecular flexibility index (Phi) is 4.08. The van der Waals surface area contributed by atoms with Crippen LogP contribution in [0, 0.1) is 5.82 Å². The number of rotatable bonds is 4. The molecule has 22 heavy (non-hydrogen) atoms. The highest BCUT2D eigenvalue weighted by Crippen LogP contribution is 2.22. The van der Waals surface area contributed by atoms with E-state index in [1.54, 1.807) is 47.6 Å². The van der Waals surface area contributed by atoms with E-state index in [9.17, 15) is 8.60 Å². The normalized spacial score (nSPS) is 12.3. The van der Waals surface area contributed by atoms with Crippen molar-refractivity contribution < 1.29 is 13.2 Å². The maximum atomic E-state index is 13.4. The summed E-state index contributed by atoms with van der Waals surface area (Å²) in [4.78, 5) is 8.35. The topological polar surface area (TPSA) is 68.0 Å². The number of aromatic nitrogens is 3. The minimum atomic E-state index is -1.90. The largest absolute Gasteiger partial charge is 0.306 e. The van der Waals surface area contributed by atoms with Crippen LogP contribution in [0.3, 0.4) is 0 Å². The Hall–Kier alpha value is -2.38. The van der Waals surface area contributed by atoms with Crippen molar-refractivity contribution in [1.82, 2.24) is 14.5 Å². The third-order valence-electron chi connectivity index (χ3n) is 3.10. The van der Waals surface area contributed by atoms with Gasteiger partial charge in [0.25, 0.3) is 0 Å². The first-order chi connectivity index (χ1) is 10.6. The van der Waals surface area contributed by atoms with Gasteiger partial charge < -0.3 is 4.55 Å². The molecule has 3 aromatic rings. The fourth-order valence-corrected chi connectivity index (χ4v) is 2.58. The molecule has 0 saturated carbocycles. The van der Waals surface area contributed by atoms with Crippen LogP contribution in [0.25, 0.3) is 17.1 Å². The number of imidazole rings is 1. The molecule has 1 atom stereocenters. The lowest BCUT2D eigenvalue weighted by Crippen LogP contribution is -2.00. The second-order valence-corrected chi connectivity index (χ2v) is 5.58. The zero-order valence-corrected chi connectivity index (χ0v) is 12.2. The first-order valence-electron chi connectivity index (χ1n) is 6.44. The van der Waals surface area contributed by atoms with E-state index in [-0.39, 0.29) is 11.6 Å². The predicted octanol–water partition coefficient (Wildman–Crippen LogP) is 2.80. The number of hydrogen-bond donors (Lipinski definition) is 1. The van der Waals surface area contributed by atoms with Crippen molar-refractivity contribution >= 4 is 11.1 Å².